The Morgan fingerprint density at radius 2 is 2.03 bits per heavy atom. The van der Waals surface area contributed by atoms with Crippen LogP contribution in [0.2, 0.25) is 0 Å². The molecule has 0 spiro atoms. The van der Waals surface area contributed by atoms with E-state index in [0.29, 0.717) is 12.4 Å². The van der Waals surface area contributed by atoms with Gasteiger partial charge in [-0.3, -0.25) is 4.40 Å². The second-order valence-electron chi connectivity index (χ2n) is 11.2. The van der Waals surface area contributed by atoms with E-state index in [4.69, 9.17) is 9.84 Å². The van der Waals surface area contributed by atoms with Gasteiger partial charge < -0.3 is 15.4 Å². The predicted octanol–water partition coefficient (Wildman–Crippen LogP) is 5.05. The zero-order valence-electron chi connectivity index (χ0n) is 20.0. The Labute approximate surface area is 211 Å². The molecule has 4 fully saturated rings. The summed E-state index contributed by atoms with van der Waals surface area (Å²) < 4.78 is 25.0. The molecule has 186 valence electrons. The molecule has 0 saturated heterocycles. The number of nitrogens with zero attached hydrogens (tertiary/aromatic N) is 5. The van der Waals surface area contributed by atoms with Crippen molar-refractivity contribution in [2.45, 2.75) is 82.1 Å². The molecule has 0 aliphatic heterocycles. The fourth-order valence-electron chi connectivity index (χ4n) is 5.62. The highest BCUT2D eigenvalue weighted by molar-refractivity contribution is 9.10. The summed E-state index contributed by atoms with van der Waals surface area (Å²) in [6, 6.07) is 1.94. The van der Waals surface area contributed by atoms with Crippen LogP contribution in [-0.4, -0.2) is 48.1 Å². The molecular formula is C24H29BrFN7O2. The Bertz CT molecular complexity index is 1280. The van der Waals surface area contributed by atoms with E-state index in [9.17, 15) is 9.18 Å². The van der Waals surface area contributed by atoms with E-state index in [-0.39, 0.29) is 23.4 Å². The monoisotopic (exact) mass is 545 g/mol. The summed E-state index contributed by atoms with van der Waals surface area (Å²) in [5, 5.41) is 11.2. The highest BCUT2D eigenvalue weighted by Gasteiger charge is 2.58. The molecule has 3 heterocycles. The maximum absolute atomic E-state index is 14.9. The third-order valence-corrected chi connectivity index (χ3v) is 8.06. The lowest BCUT2D eigenvalue weighted by atomic mass is 9.50. The van der Waals surface area contributed by atoms with E-state index in [2.05, 4.69) is 57.3 Å². The summed E-state index contributed by atoms with van der Waals surface area (Å²) in [6.45, 7) is 6.18. The average Bonchev–Trinajstić information content (AvgIpc) is 3.45. The molecule has 0 unspecified atom stereocenters. The number of hydrogen-bond donors (Lipinski definition) is 2. The van der Waals surface area contributed by atoms with Crippen molar-refractivity contribution < 1.29 is 13.9 Å². The number of alkyl carbamates (subject to hydrolysis) is 1. The van der Waals surface area contributed by atoms with E-state index in [0.717, 1.165) is 46.8 Å². The summed E-state index contributed by atoms with van der Waals surface area (Å²) in [4.78, 5) is 21.2. The molecule has 4 saturated carbocycles. The zero-order valence-corrected chi connectivity index (χ0v) is 21.5. The van der Waals surface area contributed by atoms with Crippen molar-refractivity contribution in [2.75, 3.05) is 5.32 Å². The van der Waals surface area contributed by atoms with Crippen molar-refractivity contribution in [3.63, 3.8) is 0 Å². The summed E-state index contributed by atoms with van der Waals surface area (Å²) in [7, 11) is 0. The highest BCUT2D eigenvalue weighted by atomic mass is 79.9. The summed E-state index contributed by atoms with van der Waals surface area (Å²) in [5.74, 6) is 1.95. The van der Waals surface area contributed by atoms with Crippen LogP contribution in [0, 0.1) is 5.92 Å². The van der Waals surface area contributed by atoms with E-state index in [1.807, 2.05) is 21.3 Å². The Kier molecular flexibility index (Phi) is 5.14. The van der Waals surface area contributed by atoms with Gasteiger partial charge in [0.05, 0.1) is 15.7 Å². The number of carbonyl (C=O) groups excluding carboxylic acids is 1. The van der Waals surface area contributed by atoms with Gasteiger partial charge in [-0.05, 0) is 74.7 Å². The van der Waals surface area contributed by atoms with Crippen molar-refractivity contribution >= 4 is 39.4 Å². The molecule has 2 N–H and O–H groups in total. The molecular weight excluding hydrogens is 517 g/mol. The number of nitrogens with one attached hydrogen (secondary N) is 2. The predicted molar refractivity (Wildman–Crippen MR) is 132 cm³/mol. The quantitative estimate of drug-likeness (QED) is 0.465. The number of fused-ring (bicyclic) bond motifs is 1. The number of aromatic nitrogens is 5. The van der Waals surface area contributed by atoms with Gasteiger partial charge in [0.15, 0.2) is 5.65 Å². The minimum Gasteiger partial charge on any atom is -0.443 e. The van der Waals surface area contributed by atoms with Crippen LogP contribution in [0.3, 0.4) is 0 Å². The molecule has 9 nitrogen and oxygen atoms in total. The largest absolute Gasteiger partial charge is 0.443 e. The minimum atomic E-state index is -1.21. The lowest BCUT2D eigenvalue weighted by Crippen LogP contribution is -2.68. The first-order valence-electron chi connectivity index (χ1n) is 12.1. The van der Waals surface area contributed by atoms with E-state index < -0.39 is 18.4 Å². The number of halogens is 2. The van der Waals surface area contributed by atoms with Gasteiger partial charge in [0.1, 0.15) is 18.1 Å². The fourth-order valence-corrected chi connectivity index (χ4v) is 6.02. The zero-order chi connectivity index (χ0) is 24.5. The fraction of sp³-hybridized carbons (Fsp3) is 0.583. The molecule has 3 atom stereocenters. The van der Waals surface area contributed by atoms with Crippen molar-refractivity contribution in [3.05, 3.63) is 34.8 Å². The maximum Gasteiger partial charge on any atom is 0.407 e. The molecule has 1 amide bonds. The number of alkyl halides is 1. The molecule has 35 heavy (non-hydrogen) atoms. The number of amides is 1. The Morgan fingerprint density at radius 1 is 1.26 bits per heavy atom. The Balaban J connectivity index is 1.21. The molecule has 3 aromatic heterocycles. The first-order valence-corrected chi connectivity index (χ1v) is 12.9. The van der Waals surface area contributed by atoms with Crippen LogP contribution in [0.5, 0.6) is 0 Å². The Hall–Kier alpha value is -2.69. The maximum atomic E-state index is 14.9. The van der Waals surface area contributed by atoms with Crippen LogP contribution in [-0.2, 0) is 10.3 Å². The van der Waals surface area contributed by atoms with Crippen LogP contribution in [0.15, 0.2) is 29.1 Å². The minimum absolute atomic E-state index is 0.0840. The number of hydrogen-bond acceptors (Lipinski definition) is 6. The third kappa shape index (κ3) is 3.97. The molecule has 7 rings (SSSR count). The average molecular weight is 546 g/mol. The van der Waals surface area contributed by atoms with Gasteiger partial charge in [0.2, 0.25) is 5.95 Å². The van der Waals surface area contributed by atoms with Gasteiger partial charge in [0, 0.05) is 36.1 Å². The van der Waals surface area contributed by atoms with Crippen molar-refractivity contribution in [1.82, 2.24) is 29.5 Å². The van der Waals surface area contributed by atoms with Gasteiger partial charge in [0.25, 0.3) is 0 Å². The second kappa shape index (κ2) is 7.91. The van der Waals surface area contributed by atoms with Crippen LogP contribution >= 0.6 is 15.9 Å². The summed E-state index contributed by atoms with van der Waals surface area (Å²) >= 11 is 3.48. The molecule has 3 aromatic rings. The van der Waals surface area contributed by atoms with Gasteiger partial charge >= 0.3 is 6.09 Å². The number of ether oxygens (including phenoxy) is 1. The SMILES string of the molecule is CC(C)(C)n1nc([C@H]2C[C@@H](F)[C@@H](OC(=O)NC34CC(C3)C4)C2)cc1Nc1ncc(Br)c2nccn12. The number of carbonyl (C=O) groups is 1. The van der Waals surface area contributed by atoms with Crippen LogP contribution in [0.4, 0.5) is 21.0 Å². The van der Waals surface area contributed by atoms with Crippen molar-refractivity contribution in [1.29, 1.82) is 0 Å². The standard InChI is InChI=1S/C24H29BrFN7O2/c1-23(2,3)33-19(29-21-28-12-15(25)20-27-4-5-32(20)21)8-17(31-33)14-6-16(26)18(7-14)35-22(34)30-24-9-13(10-24)11-24/h4-5,8,12-14,16,18H,6-7,9-11H2,1-3H3,(H,28,29)(H,30,34)/t13?,14-,16+,18-,24?/m0/s1. The smallest absolute Gasteiger partial charge is 0.407 e. The van der Waals surface area contributed by atoms with Crippen LogP contribution in [0.25, 0.3) is 5.65 Å². The van der Waals surface area contributed by atoms with E-state index in [1.54, 1.807) is 12.4 Å². The summed E-state index contributed by atoms with van der Waals surface area (Å²) in [5.41, 5.74) is 1.11. The first-order chi connectivity index (χ1) is 16.6. The molecule has 2 bridgehead atoms. The van der Waals surface area contributed by atoms with Gasteiger partial charge in [-0.15, -0.1) is 0 Å². The normalized spacial score (nSPS) is 29.5. The third-order valence-electron chi connectivity index (χ3n) is 7.50. The first kappa shape index (κ1) is 22.8. The lowest BCUT2D eigenvalue weighted by Gasteiger charge is -2.61. The second-order valence-corrected chi connectivity index (χ2v) is 12.1. The van der Waals surface area contributed by atoms with Crippen molar-refractivity contribution in [3.8, 4) is 0 Å². The molecule has 11 heteroatoms. The summed E-state index contributed by atoms with van der Waals surface area (Å²) in [6.07, 6.45) is 6.52. The van der Waals surface area contributed by atoms with Crippen molar-refractivity contribution in [2.24, 2.45) is 5.92 Å². The number of rotatable bonds is 5. The van der Waals surface area contributed by atoms with E-state index in [1.165, 1.54) is 0 Å². The van der Waals surface area contributed by atoms with Gasteiger partial charge in [-0.2, -0.15) is 5.10 Å². The number of anilines is 2. The molecule has 4 aliphatic carbocycles. The highest BCUT2D eigenvalue weighted by Crippen LogP contribution is 2.57. The Morgan fingerprint density at radius 3 is 2.71 bits per heavy atom. The molecule has 0 radical (unpaired) electrons. The molecule has 0 aromatic carbocycles. The van der Waals surface area contributed by atoms with Crippen LogP contribution < -0.4 is 10.6 Å². The molecule has 4 aliphatic rings. The van der Waals surface area contributed by atoms with Gasteiger partial charge in [-0.25, -0.2) is 23.8 Å². The van der Waals surface area contributed by atoms with Crippen LogP contribution in [0.1, 0.15) is 64.5 Å². The van der Waals surface area contributed by atoms with Gasteiger partial charge in [-0.1, -0.05) is 0 Å². The lowest BCUT2D eigenvalue weighted by molar-refractivity contribution is -0.0530. The topological polar surface area (TPSA) is 98.4 Å². The van der Waals surface area contributed by atoms with E-state index >= 15 is 0 Å². The number of imidazole rings is 1.